The number of morpholine rings is 1. The number of aryl methyl sites for hydroxylation is 2. The van der Waals surface area contributed by atoms with Gasteiger partial charge in [0, 0.05) is 13.1 Å². The van der Waals surface area contributed by atoms with Crippen molar-refractivity contribution in [1.29, 1.82) is 0 Å². The van der Waals surface area contributed by atoms with Gasteiger partial charge in [0.2, 0.25) is 16.0 Å². The molecule has 9 heteroatoms. The summed E-state index contributed by atoms with van der Waals surface area (Å²) in [5.41, 5.74) is 1.82. The van der Waals surface area contributed by atoms with Crippen LogP contribution < -0.4 is 9.62 Å². The van der Waals surface area contributed by atoms with Gasteiger partial charge in [0.25, 0.3) is 0 Å². The molecule has 0 atom stereocenters. The van der Waals surface area contributed by atoms with Crippen molar-refractivity contribution in [3.63, 3.8) is 0 Å². The molecule has 0 bridgehead atoms. The molecule has 140 valence electrons. The molecule has 0 amide bonds. The number of halogens is 1. The Morgan fingerprint density at radius 2 is 1.85 bits per heavy atom. The van der Waals surface area contributed by atoms with Crippen molar-refractivity contribution in [2.24, 2.45) is 0 Å². The highest BCUT2D eigenvalue weighted by atomic mass is 32.2. The fraction of sp³-hybridized carbons (Fsp3) is 0.412. The van der Waals surface area contributed by atoms with Gasteiger partial charge in [0.05, 0.1) is 36.0 Å². The number of hydrogen-bond acceptors (Lipinski definition) is 6. The topological polar surface area (TPSA) is 84.4 Å². The molecule has 1 aromatic carbocycles. The average Bonchev–Trinajstić information content (AvgIpc) is 2.58. The Labute approximate surface area is 152 Å². The molecule has 1 aliphatic heterocycles. The van der Waals surface area contributed by atoms with E-state index in [1.165, 1.54) is 18.2 Å². The molecule has 0 saturated carbocycles. The average molecular weight is 380 g/mol. The molecule has 0 radical (unpaired) electrons. The number of nitrogens with zero attached hydrogens (tertiary/aromatic N) is 3. The van der Waals surface area contributed by atoms with Crippen molar-refractivity contribution in [2.75, 3.05) is 35.9 Å². The number of nitrogens with one attached hydrogen (secondary N) is 1. The lowest BCUT2D eigenvalue weighted by atomic mass is 10.2. The molecule has 1 N–H and O–H groups in total. The Hall–Kier alpha value is -2.26. The first kappa shape index (κ1) is 18.5. The second-order valence-corrected chi connectivity index (χ2v) is 7.88. The van der Waals surface area contributed by atoms with Crippen molar-refractivity contribution in [3.8, 4) is 0 Å². The minimum Gasteiger partial charge on any atom is -0.378 e. The quantitative estimate of drug-likeness (QED) is 0.854. The summed E-state index contributed by atoms with van der Waals surface area (Å²) in [4.78, 5) is 10.9. The van der Waals surface area contributed by atoms with E-state index in [-0.39, 0.29) is 5.75 Å². The van der Waals surface area contributed by atoms with Crippen molar-refractivity contribution >= 4 is 21.7 Å². The van der Waals surface area contributed by atoms with Crippen LogP contribution in [0.25, 0.3) is 0 Å². The van der Waals surface area contributed by atoms with E-state index in [1.807, 2.05) is 4.90 Å². The Bertz CT molecular complexity index is 876. The van der Waals surface area contributed by atoms with Crippen LogP contribution in [0.2, 0.25) is 0 Å². The predicted octanol–water partition coefficient (Wildman–Crippen LogP) is 2.01. The van der Waals surface area contributed by atoms with E-state index in [9.17, 15) is 12.8 Å². The van der Waals surface area contributed by atoms with Crippen LogP contribution in [0.1, 0.15) is 17.0 Å². The number of rotatable bonds is 5. The Morgan fingerprint density at radius 3 is 2.46 bits per heavy atom. The summed E-state index contributed by atoms with van der Waals surface area (Å²) in [7, 11) is -3.72. The van der Waals surface area contributed by atoms with Gasteiger partial charge in [-0.05, 0) is 31.5 Å². The zero-order valence-electron chi connectivity index (χ0n) is 14.7. The monoisotopic (exact) mass is 380 g/mol. The number of sulfonamides is 1. The SMILES string of the molecule is Cc1nc(N2CCOCC2)nc(C)c1NS(=O)(=O)Cc1cccc(F)c1. The standard InChI is InChI=1S/C17H21FN4O3S/c1-12-16(13(2)20-17(19-12)22-6-8-25-9-7-22)21-26(23,24)11-14-4-3-5-15(18)10-14/h3-5,10,21H,6-9,11H2,1-2H3. The summed E-state index contributed by atoms with van der Waals surface area (Å²) in [5.74, 6) is -0.228. The van der Waals surface area contributed by atoms with Gasteiger partial charge in [0.1, 0.15) is 5.82 Å². The second-order valence-electron chi connectivity index (χ2n) is 6.16. The van der Waals surface area contributed by atoms with Crippen LogP contribution in [0.15, 0.2) is 24.3 Å². The minimum atomic E-state index is -3.72. The molecule has 1 saturated heterocycles. The van der Waals surface area contributed by atoms with Crippen LogP contribution >= 0.6 is 0 Å². The van der Waals surface area contributed by atoms with Gasteiger partial charge in [-0.2, -0.15) is 0 Å². The molecule has 0 unspecified atom stereocenters. The fourth-order valence-corrected chi connectivity index (χ4v) is 4.09. The van der Waals surface area contributed by atoms with E-state index >= 15 is 0 Å². The van der Waals surface area contributed by atoms with E-state index in [4.69, 9.17) is 4.74 Å². The number of anilines is 2. The first-order valence-corrected chi connectivity index (χ1v) is 9.92. The molecule has 1 aliphatic rings. The Balaban J connectivity index is 1.80. The third-order valence-corrected chi connectivity index (χ3v) is 5.28. The molecule has 1 aromatic heterocycles. The highest BCUT2D eigenvalue weighted by Gasteiger charge is 2.20. The molecule has 0 aliphatic carbocycles. The molecule has 7 nitrogen and oxygen atoms in total. The highest BCUT2D eigenvalue weighted by molar-refractivity contribution is 7.91. The third-order valence-electron chi connectivity index (χ3n) is 4.06. The maximum atomic E-state index is 13.3. The van der Waals surface area contributed by atoms with Crippen molar-refractivity contribution < 1.29 is 17.5 Å². The zero-order chi connectivity index (χ0) is 18.7. The lowest BCUT2D eigenvalue weighted by Gasteiger charge is -2.27. The lowest BCUT2D eigenvalue weighted by Crippen LogP contribution is -2.37. The second kappa shape index (κ2) is 7.55. The number of benzene rings is 1. The van der Waals surface area contributed by atoms with Gasteiger partial charge in [-0.3, -0.25) is 4.72 Å². The van der Waals surface area contributed by atoms with Gasteiger partial charge in [-0.25, -0.2) is 22.8 Å². The minimum absolute atomic E-state index is 0.325. The van der Waals surface area contributed by atoms with Gasteiger partial charge < -0.3 is 9.64 Å². The summed E-state index contributed by atoms with van der Waals surface area (Å²) in [6.07, 6.45) is 0. The number of hydrogen-bond donors (Lipinski definition) is 1. The summed E-state index contributed by atoms with van der Waals surface area (Å²) in [6.45, 7) is 6.09. The van der Waals surface area contributed by atoms with Crippen molar-refractivity contribution in [2.45, 2.75) is 19.6 Å². The summed E-state index contributed by atoms with van der Waals surface area (Å²) in [5, 5.41) is 0. The van der Waals surface area contributed by atoms with E-state index in [0.717, 1.165) is 0 Å². The van der Waals surface area contributed by atoms with Gasteiger partial charge in [0.15, 0.2) is 0 Å². The summed E-state index contributed by atoms with van der Waals surface area (Å²) >= 11 is 0. The van der Waals surface area contributed by atoms with Crippen molar-refractivity contribution in [3.05, 3.63) is 47.0 Å². The van der Waals surface area contributed by atoms with Gasteiger partial charge >= 0.3 is 0 Å². The maximum Gasteiger partial charge on any atom is 0.237 e. The maximum absolute atomic E-state index is 13.3. The smallest absolute Gasteiger partial charge is 0.237 e. The molecule has 2 heterocycles. The first-order valence-electron chi connectivity index (χ1n) is 8.27. The Kier molecular flexibility index (Phi) is 5.38. The van der Waals surface area contributed by atoms with Crippen LogP contribution in [-0.2, 0) is 20.5 Å². The van der Waals surface area contributed by atoms with Crippen LogP contribution in [-0.4, -0.2) is 44.7 Å². The molecule has 1 fully saturated rings. The highest BCUT2D eigenvalue weighted by Crippen LogP contribution is 2.23. The van der Waals surface area contributed by atoms with Crippen LogP contribution in [0.3, 0.4) is 0 Å². The van der Waals surface area contributed by atoms with Crippen LogP contribution in [0, 0.1) is 19.7 Å². The molecular weight excluding hydrogens is 359 g/mol. The van der Waals surface area contributed by atoms with Crippen LogP contribution in [0.4, 0.5) is 16.0 Å². The molecule has 3 rings (SSSR count). The van der Waals surface area contributed by atoms with E-state index in [2.05, 4.69) is 14.7 Å². The van der Waals surface area contributed by atoms with Crippen LogP contribution in [0.5, 0.6) is 0 Å². The molecule has 0 spiro atoms. The molecule has 26 heavy (non-hydrogen) atoms. The number of ether oxygens (including phenoxy) is 1. The van der Waals surface area contributed by atoms with Gasteiger partial charge in [-0.15, -0.1) is 0 Å². The number of aromatic nitrogens is 2. The largest absolute Gasteiger partial charge is 0.378 e. The van der Waals surface area contributed by atoms with Crippen molar-refractivity contribution in [1.82, 2.24) is 9.97 Å². The van der Waals surface area contributed by atoms with E-state index in [1.54, 1.807) is 19.9 Å². The lowest BCUT2D eigenvalue weighted by molar-refractivity contribution is 0.122. The summed E-state index contributed by atoms with van der Waals surface area (Å²) in [6, 6.07) is 5.53. The summed E-state index contributed by atoms with van der Waals surface area (Å²) < 4.78 is 46.0. The molecular formula is C17H21FN4O3S. The van der Waals surface area contributed by atoms with Gasteiger partial charge in [-0.1, -0.05) is 12.1 Å². The normalized spacial score (nSPS) is 15.1. The van der Waals surface area contributed by atoms with E-state index in [0.29, 0.717) is 54.9 Å². The zero-order valence-corrected chi connectivity index (χ0v) is 15.5. The Morgan fingerprint density at radius 1 is 1.19 bits per heavy atom. The van der Waals surface area contributed by atoms with E-state index < -0.39 is 15.8 Å². The third kappa shape index (κ3) is 4.47. The predicted molar refractivity (Wildman–Crippen MR) is 97.2 cm³/mol. The fourth-order valence-electron chi connectivity index (χ4n) is 2.79. The molecule has 2 aromatic rings. The first-order chi connectivity index (χ1) is 12.3.